The highest BCUT2D eigenvalue weighted by Gasteiger charge is 2.12. The van der Waals surface area contributed by atoms with Gasteiger partial charge >= 0.3 is 0 Å². The van der Waals surface area contributed by atoms with Crippen molar-refractivity contribution < 1.29 is 0 Å². The summed E-state index contributed by atoms with van der Waals surface area (Å²) < 4.78 is 2.55. The van der Waals surface area contributed by atoms with Crippen LogP contribution in [0.2, 0.25) is 0 Å². The summed E-state index contributed by atoms with van der Waals surface area (Å²) >= 11 is 3.36. The molecule has 0 saturated heterocycles. The maximum absolute atomic E-state index is 6.06. The molecule has 0 atom stereocenters. The van der Waals surface area contributed by atoms with Crippen LogP contribution in [0.5, 0.6) is 0 Å². The van der Waals surface area contributed by atoms with E-state index in [0.717, 1.165) is 15.7 Å². The van der Waals surface area contributed by atoms with Crippen molar-refractivity contribution in [2.24, 2.45) is 0 Å². The Hall–Kier alpha value is -1.88. The molecule has 5 heteroatoms. The molecule has 0 bridgehead atoms. The molecule has 0 radical (unpaired) electrons. The Labute approximate surface area is 106 Å². The standard InChI is InChI=1S/C12H9BrN4/c13-9-6-15-12-10(14)11(16-17(12)7-9)8-4-2-1-3-5-8/h1-7H,14H2. The molecule has 0 aliphatic heterocycles. The highest BCUT2D eigenvalue weighted by molar-refractivity contribution is 9.10. The van der Waals surface area contributed by atoms with Crippen molar-refractivity contribution in [1.82, 2.24) is 14.6 Å². The molecule has 0 amide bonds. The van der Waals surface area contributed by atoms with Gasteiger partial charge in [0, 0.05) is 18.0 Å². The molecule has 0 unspecified atom stereocenters. The molecule has 2 heterocycles. The molecular formula is C12H9BrN4. The fourth-order valence-corrected chi connectivity index (χ4v) is 2.04. The van der Waals surface area contributed by atoms with E-state index >= 15 is 0 Å². The minimum atomic E-state index is 0.601. The zero-order valence-electron chi connectivity index (χ0n) is 8.84. The highest BCUT2D eigenvalue weighted by Crippen LogP contribution is 2.27. The van der Waals surface area contributed by atoms with E-state index in [-0.39, 0.29) is 0 Å². The number of anilines is 1. The van der Waals surface area contributed by atoms with Crippen molar-refractivity contribution >= 4 is 27.3 Å². The summed E-state index contributed by atoms with van der Waals surface area (Å²) in [5.41, 5.74) is 9.09. The second-order valence-corrected chi connectivity index (χ2v) is 4.58. The van der Waals surface area contributed by atoms with Crippen molar-refractivity contribution in [3.05, 3.63) is 47.2 Å². The molecule has 0 fully saturated rings. The Morgan fingerprint density at radius 3 is 2.71 bits per heavy atom. The van der Waals surface area contributed by atoms with Crippen molar-refractivity contribution in [3.8, 4) is 11.3 Å². The number of nitrogens with two attached hydrogens (primary N) is 1. The average Bonchev–Trinajstić information content (AvgIpc) is 2.67. The van der Waals surface area contributed by atoms with Crippen LogP contribution in [0.3, 0.4) is 0 Å². The minimum Gasteiger partial charge on any atom is -0.394 e. The van der Waals surface area contributed by atoms with E-state index in [0.29, 0.717) is 11.3 Å². The van der Waals surface area contributed by atoms with Crippen LogP contribution in [0.15, 0.2) is 47.2 Å². The lowest BCUT2D eigenvalue weighted by Gasteiger charge is -1.95. The molecule has 3 aromatic rings. The Balaban J connectivity index is 2.28. The smallest absolute Gasteiger partial charge is 0.179 e. The van der Waals surface area contributed by atoms with Gasteiger partial charge < -0.3 is 5.73 Å². The normalized spacial score (nSPS) is 10.9. The van der Waals surface area contributed by atoms with Crippen molar-refractivity contribution in [2.45, 2.75) is 0 Å². The maximum atomic E-state index is 6.06. The molecule has 84 valence electrons. The fraction of sp³-hybridized carbons (Fsp3) is 0. The van der Waals surface area contributed by atoms with Gasteiger partial charge in [-0.05, 0) is 15.9 Å². The van der Waals surface area contributed by atoms with E-state index in [1.807, 2.05) is 36.5 Å². The summed E-state index contributed by atoms with van der Waals surface area (Å²) in [5, 5.41) is 4.44. The highest BCUT2D eigenvalue weighted by atomic mass is 79.9. The number of rotatable bonds is 1. The number of aromatic nitrogens is 3. The van der Waals surface area contributed by atoms with Crippen molar-refractivity contribution in [1.29, 1.82) is 0 Å². The average molecular weight is 289 g/mol. The third-order valence-corrected chi connectivity index (χ3v) is 2.93. The number of nitrogen functional groups attached to an aromatic ring is 1. The Kier molecular flexibility index (Phi) is 2.33. The van der Waals surface area contributed by atoms with Crippen LogP contribution in [0, 0.1) is 0 Å². The molecule has 0 saturated carbocycles. The van der Waals surface area contributed by atoms with Gasteiger partial charge in [0.05, 0.1) is 4.47 Å². The van der Waals surface area contributed by atoms with Crippen LogP contribution in [0.4, 0.5) is 5.69 Å². The summed E-state index contributed by atoms with van der Waals surface area (Å²) in [6, 6.07) is 9.84. The van der Waals surface area contributed by atoms with E-state index in [1.54, 1.807) is 10.7 Å². The second kappa shape index (κ2) is 3.85. The summed E-state index contributed by atoms with van der Waals surface area (Å²) in [6.07, 6.45) is 3.55. The summed E-state index contributed by atoms with van der Waals surface area (Å²) in [5.74, 6) is 0. The topological polar surface area (TPSA) is 56.2 Å². The van der Waals surface area contributed by atoms with Gasteiger partial charge in [-0.1, -0.05) is 30.3 Å². The lowest BCUT2D eigenvalue weighted by molar-refractivity contribution is 0.937. The number of hydrogen-bond acceptors (Lipinski definition) is 3. The zero-order chi connectivity index (χ0) is 11.8. The van der Waals surface area contributed by atoms with Crippen LogP contribution < -0.4 is 5.73 Å². The Morgan fingerprint density at radius 1 is 1.18 bits per heavy atom. The molecule has 4 nitrogen and oxygen atoms in total. The first-order valence-electron chi connectivity index (χ1n) is 5.10. The van der Waals surface area contributed by atoms with Gasteiger partial charge in [-0.2, -0.15) is 5.10 Å². The van der Waals surface area contributed by atoms with Gasteiger partial charge in [-0.3, -0.25) is 0 Å². The quantitative estimate of drug-likeness (QED) is 0.749. The maximum Gasteiger partial charge on any atom is 0.179 e. The van der Waals surface area contributed by atoms with Gasteiger partial charge in [0.1, 0.15) is 11.4 Å². The minimum absolute atomic E-state index is 0.601. The van der Waals surface area contributed by atoms with Gasteiger partial charge in [0.15, 0.2) is 5.65 Å². The molecule has 17 heavy (non-hydrogen) atoms. The SMILES string of the molecule is Nc1c(-c2ccccc2)nn2cc(Br)cnc12. The van der Waals surface area contributed by atoms with Gasteiger partial charge in [0.25, 0.3) is 0 Å². The number of halogens is 1. The Morgan fingerprint density at radius 2 is 1.94 bits per heavy atom. The largest absolute Gasteiger partial charge is 0.394 e. The van der Waals surface area contributed by atoms with Crippen molar-refractivity contribution in [2.75, 3.05) is 5.73 Å². The number of nitrogens with zero attached hydrogens (tertiary/aromatic N) is 3. The molecule has 0 aliphatic rings. The lowest BCUT2D eigenvalue weighted by Crippen LogP contribution is -1.90. The fourth-order valence-electron chi connectivity index (χ4n) is 1.74. The van der Waals surface area contributed by atoms with Gasteiger partial charge in [0.2, 0.25) is 0 Å². The predicted octanol–water partition coefficient (Wildman–Crippen LogP) is 2.74. The first kappa shape index (κ1) is 10.3. The van der Waals surface area contributed by atoms with E-state index < -0.39 is 0 Å². The third-order valence-electron chi connectivity index (χ3n) is 2.52. The van der Waals surface area contributed by atoms with Crippen LogP contribution in [0.25, 0.3) is 16.9 Å². The lowest BCUT2D eigenvalue weighted by atomic mass is 10.1. The first-order chi connectivity index (χ1) is 8.25. The van der Waals surface area contributed by atoms with E-state index in [4.69, 9.17) is 5.73 Å². The van der Waals surface area contributed by atoms with E-state index in [9.17, 15) is 0 Å². The molecule has 1 aromatic carbocycles. The third kappa shape index (κ3) is 1.68. The van der Waals surface area contributed by atoms with Crippen LogP contribution in [-0.4, -0.2) is 14.6 Å². The molecule has 2 aromatic heterocycles. The van der Waals surface area contributed by atoms with Crippen LogP contribution in [-0.2, 0) is 0 Å². The van der Waals surface area contributed by atoms with Gasteiger partial charge in [-0.15, -0.1) is 0 Å². The van der Waals surface area contributed by atoms with Crippen LogP contribution >= 0.6 is 15.9 Å². The van der Waals surface area contributed by atoms with Crippen molar-refractivity contribution in [3.63, 3.8) is 0 Å². The monoisotopic (exact) mass is 288 g/mol. The number of benzene rings is 1. The molecular weight excluding hydrogens is 280 g/mol. The summed E-state index contributed by atoms with van der Waals surface area (Å²) in [4.78, 5) is 4.26. The molecule has 0 aliphatic carbocycles. The predicted molar refractivity (Wildman–Crippen MR) is 70.5 cm³/mol. The molecule has 2 N–H and O–H groups in total. The summed E-state index contributed by atoms with van der Waals surface area (Å²) in [6.45, 7) is 0. The molecule has 0 spiro atoms. The van der Waals surface area contributed by atoms with Gasteiger partial charge in [-0.25, -0.2) is 9.50 Å². The summed E-state index contributed by atoms with van der Waals surface area (Å²) in [7, 11) is 0. The van der Waals surface area contributed by atoms with E-state index in [2.05, 4.69) is 26.0 Å². The molecule has 3 rings (SSSR count). The first-order valence-corrected chi connectivity index (χ1v) is 5.90. The van der Waals surface area contributed by atoms with E-state index in [1.165, 1.54) is 0 Å². The number of hydrogen-bond donors (Lipinski definition) is 1. The number of fused-ring (bicyclic) bond motifs is 1. The van der Waals surface area contributed by atoms with Crippen LogP contribution in [0.1, 0.15) is 0 Å². The zero-order valence-corrected chi connectivity index (χ0v) is 10.4. The second-order valence-electron chi connectivity index (χ2n) is 3.67. The Bertz CT molecular complexity index is 676.